The number of nitrogens with two attached hydrogens (primary N) is 1. The summed E-state index contributed by atoms with van der Waals surface area (Å²) in [5, 5.41) is 0. The Balaban J connectivity index is 2.50. The van der Waals surface area contributed by atoms with Gasteiger partial charge in [0, 0.05) is 24.9 Å². The molecule has 2 N–H and O–H groups in total. The highest BCUT2D eigenvalue weighted by molar-refractivity contribution is 7.99. The van der Waals surface area contributed by atoms with Gasteiger partial charge in [0.15, 0.2) is 5.96 Å². The normalized spacial score (nSPS) is 24.0. The molecule has 0 bridgehead atoms. The molecule has 1 saturated heterocycles. The van der Waals surface area contributed by atoms with Crippen LogP contribution in [0.3, 0.4) is 0 Å². The molecule has 0 saturated carbocycles. The van der Waals surface area contributed by atoms with Gasteiger partial charge in [0.1, 0.15) is 0 Å². The van der Waals surface area contributed by atoms with Gasteiger partial charge in [-0.1, -0.05) is 0 Å². The first-order valence-corrected chi connectivity index (χ1v) is 5.90. The first kappa shape index (κ1) is 10.7. The Kier molecular flexibility index (Phi) is 3.90. The van der Waals surface area contributed by atoms with Crippen molar-refractivity contribution < 1.29 is 0 Å². The van der Waals surface area contributed by atoms with Gasteiger partial charge >= 0.3 is 0 Å². The molecule has 0 aromatic rings. The van der Waals surface area contributed by atoms with Crippen LogP contribution in [0.5, 0.6) is 0 Å². The quantitative estimate of drug-likeness (QED) is 0.538. The molecule has 3 nitrogen and oxygen atoms in total. The van der Waals surface area contributed by atoms with Crippen molar-refractivity contribution in [2.45, 2.75) is 32.4 Å². The SMILES string of the molecule is CC(C)N=C(N)N(C)C1CCSC1. The highest BCUT2D eigenvalue weighted by Crippen LogP contribution is 2.21. The summed E-state index contributed by atoms with van der Waals surface area (Å²) in [7, 11) is 2.04. The Hall–Kier alpha value is -0.380. The Morgan fingerprint density at radius 3 is 2.77 bits per heavy atom. The highest BCUT2D eigenvalue weighted by atomic mass is 32.2. The van der Waals surface area contributed by atoms with Crippen molar-refractivity contribution in [1.29, 1.82) is 0 Å². The molecule has 13 heavy (non-hydrogen) atoms. The lowest BCUT2D eigenvalue weighted by Crippen LogP contribution is -2.42. The van der Waals surface area contributed by atoms with Gasteiger partial charge in [-0.2, -0.15) is 11.8 Å². The number of aliphatic imine (C=N–C) groups is 1. The van der Waals surface area contributed by atoms with Crippen LogP contribution in [-0.2, 0) is 0 Å². The zero-order chi connectivity index (χ0) is 9.84. The van der Waals surface area contributed by atoms with E-state index in [9.17, 15) is 0 Å². The van der Waals surface area contributed by atoms with Crippen molar-refractivity contribution in [3.63, 3.8) is 0 Å². The zero-order valence-electron chi connectivity index (χ0n) is 8.66. The molecule has 1 unspecified atom stereocenters. The predicted octanol–water partition coefficient (Wildman–Crippen LogP) is 1.15. The van der Waals surface area contributed by atoms with E-state index in [1.807, 2.05) is 32.7 Å². The highest BCUT2D eigenvalue weighted by Gasteiger charge is 2.21. The molecule has 1 heterocycles. The average molecular weight is 201 g/mol. The van der Waals surface area contributed by atoms with Crippen molar-refractivity contribution >= 4 is 17.7 Å². The van der Waals surface area contributed by atoms with E-state index in [1.54, 1.807) is 0 Å². The molecular weight excluding hydrogens is 182 g/mol. The fraction of sp³-hybridized carbons (Fsp3) is 0.889. The molecule has 0 aromatic carbocycles. The number of hydrogen-bond donors (Lipinski definition) is 1. The first-order chi connectivity index (χ1) is 6.11. The molecule has 76 valence electrons. The van der Waals surface area contributed by atoms with E-state index in [1.165, 1.54) is 17.9 Å². The Morgan fingerprint density at radius 2 is 2.31 bits per heavy atom. The fourth-order valence-corrected chi connectivity index (χ4v) is 2.64. The van der Waals surface area contributed by atoms with Crippen LogP contribution in [0.15, 0.2) is 4.99 Å². The third-order valence-corrected chi connectivity index (χ3v) is 3.35. The Labute approximate surface area is 84.8 Å². The third kappa shape index (κ3) is 3.10. The van der Waals surface area contributed by atoms with Gasteiger partial charge in [-0.05, 0) is 26.0 Å². The summed E-state index contributed by atoms with van der Waals surface area (Å²) in [5.74, 6) is 3.12. The minimum absolute atomic E-state index is 0.288. The maximum absolute atomic E-state index is 5.86. The fourth-order valence-electron chi connectivity index (χ4n) is 1.37. The van der Waals surface area contributed by atoms with Gasteiger partial charge in [0.05, 0.1) is 0 Å². The summed E-state index contributed by atoms with van der Waals surface area (Å²) in [6, 6.07) is 0.879. The minimum atomic E-state index is 0.288. The molecule has 1 aliphatic heterocycles. The third-order valence-electron chi connectivity index (χ3n) is 2.21. The largest absolute Gasteiger partial charge is 0.370 e. The van der Waals surface area contributed by atoms with Gasteiger partial charge in [0.25, 0.3) is 0 Å². The van der Waals surface area contributed by atoms with Crippen LogP contribution < -0.4 is 5.73 Å². The maximum atomic E-state index is 5.86. The first-order valence-electron chi connectivity index (χ1n) is 4.75. The lowest BCUT2D eigenvalue weighted by Gasteiger charge is -2.25. The minimum Gasteiger partial charge on any atom is -0.370 e. The molecule has 0 aromatic heterocycles. The van der Waals surface area contributed by atoms with Crippen LogP contribution in [0.4, 0.5) is 0 Å². The molecule has 0 amide bonds. The van der Waals surface area contributed by atoms with E-state index in [2.05, 4.69) is 9.89 Å². The van der Waals surface area contributed by atoms with Gasteiger partial charge in [-0.3, -0.25) is 4.99 Å². The van der Waals surface area contributed by atoms with Crippen LogP contribution in [0.1, 0.15) is 20.3 Å². The molecule has 1 rings (SSSR count). The molecular formula is C9H19N3S. The maximum Gasteiger partial charge on any atom is 0.191 e. The van der Waals surface area contributed by atoms with Gasteiger partial charge in [-0.15, -0.1) is 0 Å². The number of thioether (sulfide) groups is 1. The number of hydrogen-bond acceptors (Lipinski definition) is 2. The number of rotatable bonds is 2. The molecule has 0 aliphatic carbocycles. The molecule has 0 radical (unpaired) electrons. The van der Waals surface area contributed by atoms with Gasteiger partial charge < -0.3 is 10.6 Å². The molecule has 1 atom stereocenters. The monoisotopic (exact) mass is 201 g/mol. The summed E-state index contributed by atoms with van der Waals surface area (Å²) in [6.45, 7) is 4.09. The van der Waals surface area contributed by atoms with E-state index in [0.29, 0.717) is 12.0 Å². The second-order valence-corrected chi connectivity index (χ2v) is 4.86. The van der Waals surface area contributed by atoms with E-state index >= 15 is 0 Å². The standard InChI is InChI=1S/C9H19N3S/c1-7(2)11-9(10)12(3)8-4-5-13-6-8/h7-8H,4-6H2,1-3H3,(H2,10,11). The summed E-state index contributed by atoms with van der Waals surface area (Å²) in [6.07, 6.45) is 1.23. The van der Waals surface area contributed by atoms with Gasteiger partial charge in [-0.25, -0.2) is 0 Å². The molecule has 0 spiro atoms. The van der Waals surface area contributed by atoms with Crippen LogP contribution in [0.25, 0.3) is 0 Å². The molecule has 1 fully saturated rings. The number of guanidine groups is 1. The topological polar surface area (TPSA) is 41.6 Å². The molecule has 4 heteroatoms. The second-order valence-electron chi connectivity index (χ2n) is 3.71. The summed E-state index contributed by atoms with van der Waals surface area (Å²) in [5.41, 5.74) is 5.86. The summed E-state index contributed by atoms with van der Waals surface area (Å²) in [4.78, 5) is 6.44. The lowest BCUT2D eigenvalue weighted by molar-refractivity contribution is 0.391. The molecule has 1 aliphatic rings. The van der Waals surface area contributed by atoms with Crippen molar-refractivity contribution in [3.05, 3.63) is 0 Å². The van der Waals surface area contributed by atoms with Crippen molar-refractivity contribution in [2.24, 2.45) is 10.7 Å². The van der Waals surface area contributed by atoms with Crippen LogP contribution >= 0.6 is 11.8 Å². The van der Waals surface area contributed by atoms with E-state index < -0.39 is 0 Å². The second kappa shape index (κ2) is 4.74. The van der Waals surface area contributed by atoms with E-state index in [0.717, 1.165) is 0 Å². The van der Waals surface area contributed by atoms with Crippen molar-refractivity contribution in [3.8, 4) is 0 Å². The van der Waals surface area contributed by atoms with E-state index in [-0.39, 0.29) is 6.04 Å². The smallest absolute Gasteiger partial charge is 0.191 e. The predicted molar refractivity (Wildman–Crippen MR) is 60.3 cm³/mol. The summed E-state index contributed by atoms with van der Waals surface area (Å²) >= 11 is 1.99. The Bertz CT molecular complexity index is 185. The summed E-state index contributed by atoms with van der Waals surface area (Å²) < 4.78 is 0. The van der Waals surface area contributed by atoms with Crippen LogP contribution in [0, 0.1) is 0 Å². The Morgan fingerprint density at radius 1 is 1.62 bits per heavy atom. The van der Waals surface area contributed by atoms with Gasteiger partial charge in [0.2, 0.25) is 0 Å². The average Bonchev–Trinajstić information content (AvgIpc) is 2.53. The number of nitrogens with zero attached hydrogens (tertiary/aromatic N) is 2. The van der Waals surface area contributed by atoms with Crippen LogP contribution in [-0.4, -0.2) is 41.5 Å². The van der Waals surface area contributed by atoms with Crippen molar-refractivity contribution in [2.75, 3.05) is 18.6 Å². The van der Waals surface area contributed by atoms with Crippen molar-refractivity contribution in [1.82, 2.24) is 4.90 Å². The van der Waals surface area contributed by atoms with E-state index in [4.69, 9.17) is 5.73 Å². The van der Waals surface area contributed by atoms with Crippen LogP contribution in [0.2, 0.25) is 0 Å². The zero-order valence-corrected chi connectivity index (χ0v) is 9.47. The lowest BCUT2D eigenvalue weighted by atomic mass is 10.2.